The van der Waals surface area contributed by atoms with E-state index in [0.717, 1.165) is 11.6 Å². The largest absolute Gasteiger partial charge is 1.00 e. The van der Waals surface area contributed by atoms with E-state index in [2.05, 4.69) is 0 Å². The quantitative estimate of drug-likeness (QED) is 0.616. The van der Waals surface area contributed by atoms with Gasteiger partial charge in [0.25, 0.3) is 0 Å². The molecular weight excluding hydrogens is 215 g/mol. The van der Waals surface area contributed by atoms with Gasteiger partial charge in [0.1, 0.15) is 0 Å². The first-order valence-corrected chi connectivity index (χ1v) is 4.21. The van der Waals surface area contributed by atoms with Crippen molar-refractivity contribution in [2.45, 2.75) is 19.8 Å². The number of halogens is 3. The van der Waals surface area contributed by atoms with Gasteiger partial charge in [-0.25, -0.2) is 0 Å². The third-order valence-electron chi connectivity index (χ3n) is 1.96. The second-order valence-electron chi connectivity index (χ2n) is 3.40. The average molecular weight is 226 g/mol. The molecule has 0 spiro atoms. The van der Waals surface area contributed by atoms with E-state index in [1.165, 1.54) is 12.1 Å². The fourth-order valence-electron chi connectivity index (χ4n) is 1.12. The summed E-state index contributed by atoms with van der Waals surface area (Å²) in [6, 6.07) is 5.52. The third kappa shape index (κ3) is 4.06. The van der Waals surface area contributed by atoms with E-state index >= 15 is 0 Å². The SMILES string of the molecule is CC(C)c1cccc([B-](F)(F)F)c1.[K+]. The fourth-order valence-corrected chi connectivity index (χ4v) is 1.12. The van der Waals surface area contributed by atoms with Crippen LogP contribution in [0.25, 0.3) is 0 Å². The Morgan fingerprint density at radius 3 is 2.14 bits per heavy atom. The number of hydrogen-bond acceptors (Lipinski definition) is 0. The molecule has 0 unspecified atom stereocenters. The summed E-state index contributed by atoms with van der Waals surface area (Å²) in [5, 5.41) is 0. The summed E-state index contributed by atoms with van der Waals surface area (Å²) in [6.45, 7) is -1.10. The Labute approximate surface area is 125 Å². The minimum Gasteiger partial charge on any atom is -0.445 e. The predicted octanol–water partition coefficient (Wildman–Crippen LogP) is -0.132. The molecule has 1 aromatic carbocycles. The Kier molecular flexibility index (Phi) is 5.99. The summed E-state index contributed by atoms with van der Waals surface area (Å²) in [5.41, 5.74) is 0.225. The van der Waals surface area contributed by atoms with Gasteiger partial charge < -0.3 is 12.9 Å². The van der Waals surface area contributed by atoms with Crippen LogP contribution in [0.5, 0.6) is 0 Å². The second-order valence-corrected chi connectivity index (χ2v) is 3.40. The van der Waals surface area contributed by atoms with Gasteiger partial charge in [-0.2, -0.15) is 0 Å². The van der Waals surface area contributed by atoms with Crippen LogP contribution in [-0.2, 0) is 0 Å². The summed E-state index contributed by atoms with van der Waals surface area (Å²) in [5.74, 6) is 0.137. The van der Waals surface area contributed by atoms with Crippen molar-refractivity contribution in [3.8, 4) is 0 Å². The monoisotopic (exact) mass is 226 g/mol. The molecular formula is C9H11BF3K. The average Bonchev–Trinajstić information content (AvgIpc) is 2.03. The van der Waals surface area contributed by atoms with Crippen LogP contribution in [0.4, 0.5) is 12.9 Å². The van der Waals surface area contributed by atoms with Crippen LogP contribution < -0.4 is 56.8 Å². The maximum Gasteiger partial charge on any atom is 1.00 e. The Morgan fingerprint density at radius 1 is 1.14 bits per heavy atom. The van der Waals surface area contributed by atoms with Crippen molar-refractivity contribution < 1.29 is 64.3 Å². The number of hydrogen-bond donors (Lipinski definition) is 0. The third-order valence-corrected chi connectivity index (χ3v) is 1.96. The van der Waals surface area contributed by atoms with Gasteiger partial charge in [0, 0.05) is 0 Å². The van der Waals surface area contributed by atoms with E-state index < -0.39 is 12.4 Å². The number of benzene rings is 1. The van der Waals surface area contributed by atoms with Gasteiger partial charge in [-0.3, -0.25) is 0 Å². The van der Waals surface area contributed by atoms with Crippen molar-refractivity contribution >= 4 is 12.4 Å². The molecule has 0 fully saturated rings. The Balaban J connectivity index is 0.00000169. The summed E-state index contributed by atoms with van der Waals surface area (Å²) < 4.78 is 36.9. The zero-order valence-electron chi connectivity index (χ0n) is 8.60. The molecule has 0 radical (unpaired) electrons. The van der Waals surface area contributed by atoms with Gasteiger partial charge >= 0.3 is 58.4 Å². The molecule has 72 valence electrons. The van der Waals surface area contributed by atoms with Crippen molar-refractivity contribution in [2.24, 2.45) is 0 Å². The summed E-state index contributed by atoms with van der Waals surface area (Å²) in [6.07, 6.45) is 0. The van der Waals surface area contributed by atoms with Gasteiger partial charge in [-0.05, 0) is 11.5 Å². The molecule has 0 nitrogen and oxygen atoms in total. The molecule has 0 aromatic heterocycles. The molecule has 14 heavy (non-hydrogen) atoms. The molecule has 0 saturated heterocycles. The minimum absolute atomic E-state index is 0. The van der Waals surface area contributed by atoms with Crippen molar-refractivity contribution in [2.75, 3.05) is 0 Å². The van der Waals surface area contributed by atoms with Crippen molar-refractivity contribution in [1.29, 1.82) is 0 Å². The van der Waals surface area contributed by atoms with Gasteiger partial charge in [0.15, 0.2) is 0 Å². The van der Waals surface area contributed by atoms with E-state index in [1.807, 2.05) is 13.8 Å². The van der Waals surface area contributed by atoms with Gasteiger partial charge in [-0.1, -0.05) is 38.1 Å². The summed E-state index contributed by atoms with van der Waals surface area (Å²) >= 11 is 0. The standard InChI is InChI=1S/C9H11BF3.K/c1-7(2)8-4-3-5-9(6-8)10(11,12)13;/h3-7H,1-2H3;/q-1;+1. The van der Waals surface area contributed by atoms with Crippen LogP contribution in [-0.4, -0.2) is 6.98 Å². The van der Waals surface area contributed by atoms with E-state index in [0.29, 0.717) is 0 Å². The van der Waals surface area contributed by atoms with Crippen LogP contribution >= 0.6 is 0 Å². The van der Waals surface area contributed by atoms with E-state index in [9.17, 15) is 12.9 Å². The number of rotatable bonds is 2. The van der Waals surface area contributed by atoms with E-state index in [1.54, 1.807) is 6.07 Å². The maximum atomic E-state index is 12.3. The van der Waals surface area contributed by atoms with Crippen LogP contribution in [0, 0.1) is 0 Å². The molecule has 5 heteroatoms. The van der Waals surface area contributed by atoms with Crippen LogP contribution in [0.15, 0.2) is 24.3 Å². The maximum absolute atomic E-state index is 12.3. The molecule has 0 aliphatic heterocycles. The first kappa shape index (κ1) is 14.7. The van der Waals surface area contributed by atoms with Crippen molar-refractivity contribution in [3.05, 3.63) is 29.8 Å². The molecule has 0 saturated carbocycles. The molecule has 0 amide bonds. The molecule has 0 heterocycles. The Bertz CT molecular complexity index is 296. The predicted molar refractivity (Wildman–Crippen MR) is 49.2 cm³/mol. The van der Waals surface area contributed by atoms with E-state index in [4.69, 9.17) is 0 Å². The molecule has 0 N–H and O–H groups in total. The Hall–Kier alpha value is 0.711. The molecule has 0 atom stereocenters. The summed E-state index contributed by atoms with van der Waals surface area (Å²) in [7, 11) is 0. The topological polar surface area (TPSA) is 0 Å². The zero-order chi connectivity index (χ0) is 10.1. The van der Waals surface area contributed by atoms with Gasteiger partial charge in [0.2, 0.25) is 0 Å². The molecule has 0 aliphatic carbocycles. The van der Waals surface area contributed by atoms with Crippen LogP contribution in [0.2, 0.25) is 0 Å². The molecule has 1 aromatic rings. The van der Waals surface area contributed by atoms with Crippen LogP contribution in [0.3, 0.4) is 0 Å². The van der Waals surface area contributed by atoms with Gasteiger partial charge in [0.05, 0.1) is 0 Å². The normalized spacial score (nSPS) is 11.3. The first-order chi connectivity index (χ1) is 5.91. The summed E-state index contributed by atoms with van der Waals surface area (Å²) in [4.78, 5) is 0. The molecule has 1 rings (SSSR count). The van der Waals surface area contributed by atoms with Crippen molar-refractivity contribution in [3.63, 3.8) is 0 Å². The smallest absolute Gasteiger partial charge is 0.445 e. The van der Waals surface area contributed by atoms with Crippen molar-refractivity contribution in [1.82, 2.24) is 0 Å². The molecule has 0 aliphatic rings. The van der Waals surface area contributed by atoms with E-state index in [-0.39, 0.29) is 57.3 Å². The zero-order valence-corrected chi connectivity index (χ0v) is 11.7. The first-order valence-electron chi connectivity index (χ1n) is 4.21. The fraction of sp³-hybridized carbons (Fsp3) is 0.333. The minimum atomic E-state index is -4.85. The Morgan fingerprint density at radius 2 is 1.71 bits per heavy atom. The molecule has 0 bridgehead atoms. The second kappa shape index (κ2) is 5.70. The van der Waals surface area contributed by atoms with Crippen LogP contribution in [0.1, 0.15) is 25.3 Å². The van der Waals surface area contributed by atoms with Gasteiger partial charge in [-0.15, -0.1) is 5.46 Å².